The van der Waals surface area contributed by atoms with Crippen molar-refractivity contribution in [2.24, 2.45) is 0 Å². The first-order valence-electron chi connectivity index (χ1n) is 6.83. The van der Waals surface area contributed by atoms with E-state index < -0.39 is 0 Å². The van der Waals surface area contributed by atoms with Crippen LogP contribution >= 0.6 is 11.3 Å². The number of aromatic nitrogens is 2. The van der Waals surface area contributed by atoms with E-state index in [2.05, 4.69) is 9.97 Å². The van der Waals surface area contributed by atoms with Gasteiger partial charge < -0.3 is 4.74 Å². The number of hydrogen-bond donors (Lipinski definition) is 0. The Bertz CT molecular complexity index is 780. The van der Waals surface area contributed by atoms with Crippen LogP contribution < -0.4 is 4.74 Å². The van der Waals surface area contributed by atoms with Crippen LogP contribution in [0, 0.1) is 6.92 Å². The molecule has 0 aliphatic heterocycles. The smallest absolute Gasteiger partial charge is 0.231 e. The number of hydrogen-bond acceptors (Lipinski definition) is 4. The highest BCUT2D eigenvalue weighted by Gasteiger charge is 2.22. The molecular weight excluding hydrogens is 268 g/mol. The van der Waals surface area contributed by atoms with Gasteiger partial charge in [0.2, 0.25) is 5.88 Å². The van der Waals surface area contributed by atoms with E-state index in [0.29, 0.717) is 5.88 Å². The predicted molar refractivity (Wildman–Crippen MR) is 80.7 cm³/mol. The van der Waals surface area contributed by atoms with Crippen LogP contribution in [0.15, 0.2) is 30.3 Å². The number of ether oxygens (including phenoxy) is 1. The molecule has 0 spiro atoms. The summed E-state index contributed by atoms with van der Waals surface area (Å²) in [6.07, 6.45) is 3.52. The van der Waals surface area contributed by atoms with Gasteiger partial charge in [-0.3, -0.25) is 0 Å². The summed E-state index contributed by atoms with van der Waals surface area (Å²) in [7, 11) is 0. The molecule has 2 heterocycles. The lowest BCUT2D eigenvalue weighted by molar-refractivity contribution is 0.466. The summed E-state index contributed by atoms with van der Waals surface area (Å²) in [5, 5.41) is 1.12. The molecule has 3 aromatic rings. The minimum absolute atomic E-state index is 0.707. The van der Waals surface area contributed by atoms with Crippen molar-refractivity contribution < 1.29 is 4.74 Å². The lowest BCUT2D eigenvalue weighted by Gasteiger charge is -2.07. The van der Waals surface area contributed by atoms with Gasteiger partial charge in [-0.05, 0) is 43.9 Å². The van der Waals surface area contributed by atoms with E-state index in [1.54, 1.807) is 11.3 Å². The normalized spacial score (nSPS) is 13.7. The van der Waals surface area contributed by atoms with Crippen molar-refractivity contribution in [1.82, 2.24) is 9.97 Å². The molecule has 2 aromatic heterocycles. The summed E-state index contributed by atoms with van der Waals surface area (Å²) in [6, 6.07) is 9.83. The van der Waals surface area contributed by atoms with E-state index in [1.807, 2.05) is 37.3 Å². The Balaban J connectivity index is 1.89. The molecule has 0 amide bonds. The van der Waals surface area contributed by atoms with Gasteiger partial charge in [0.15, 0.2) is 0 Å². The van der Waals surface area contributed by atoms with Crippen LogP contribution in [0.1, 0.15) is 22.7 Å². The number of rotatable bonds is 2. The standard InChI is InChI=1S/C16H14N2OS/c1-10-17-15(19-11-6-3-2-4-7-11)14-12-8-5-9-13(12)20-16(14)18-10/h2-4,6-7H,5,8-9H2,1H3. The topological polar surface area (TPSA) is 35.0 Å². The second kappa shape index (κ2) is 4.56. The summed E-state index contributed by atoms with van der Waals surface area (Å²) in [4.78, 5) is 11.6. The molecular formula is C16H14N2OS. The van der Waals surface area contributed by atoms with Crippen LogP contribution in [-0.4, -0.2) is 9.97 Å². The molecule has 1 aliphatic carbocycles. The van der Waals surface area contributed by atoms with Crippen LogP contribution in [0.2, 0.25) is 0 Å². The van der Waals surface area contributed by atoms with Gasteiger partial charge in [-0.15, -0.1) is 11.3 Å². The van der Waals surface area contributed by atoms with Crippen LogP contribution in [0.4, 0.5) is 0 Å². The largest absolute Gasteiger partial charge is 0.438 e. The lowest BCUT2D eigenvalue weighted by Crippen LogP contribution is -1.94. The molecule has 0 fully saturated rings. The van der Waals surface area contributed by atoms with Crippen molar-refractivity contribution >= 4 is 21.6 Å². The zero-order chi connectivity index (χ0) is 13.5. The third-order valence-corrected chi connectivity index (χ3v) is 4.79. The van der Waals surface area contributed by atoms with Crippen molar-refractivity contribution in [3.63, 3.8) is 0 Å². The molecule has 100 valence electrons. The molecule has 0 unspecified atom stereocenters. The summed E-state index contributed by atoms with van der Waals surface area (Å²) in [6.45, 7) is 1.92. The Morgan fingerprint density at radius 2 is 1.95 bits per heavy atom. The van der Waals surface area contributed by atoms with Crippen LogP contribution in [0.25, 0.3) is 10.2 Å². The van der Waals surface area contributed by atoms with E-state index >= 15 is 0 Å². The number of thiophene rings is 1. The van der Waals surface area contributed by atoms with Crippen molar-refractivity contribution in [3.05, 3.63) is 46.6 Å². The van der Waals surface area contributed by atoms with E-state index in [0.717, 1.165) is 28.2 Å². The SMILES string of the molecule is Cc1nc(Oc2ccccc2)c2c3c(sc2n1)CCC3. The van der Waals surface area contributed by atoms with E-state index in [4.69, 9.17) is 4.74 Å². The Hall–Kier alpha value is -1.94. The molecule has 3 nitrogen and oxygen atoms in total. The average Bonchev–Trinajstić information content (AvgIpc) is 2.99. The maximum Gasteiger partial charge on any atom is 0.231 e. The maximum atomic E-state index is 6.01. The first kappa shape index (κ1) is 11.9. The highest BCUT2D eigenvalue weighted by Crippen LogP contribution is 2.41. The van der Waals surface area contributed by atoms with Crippen LogP contribution in [-0.2, 0) is 12.8 Å². The summed E-state index contributed by atoms with van der Waals surface area (Å²) in [5.41, 5.74) is 1.40. The molecule has 20 heavy (non-hydrogen) atoms. The molecule has 1 aromatic carbocycles. The van der Waals surface area contributed by atoms with Gasteiger partial charge in [0.25, 0.3) is 0 Å². The Morgan fingerprint density at radius 3 is 2.80 bits per heavy atom. The predicted octanol–water partition coefficient (Wildman–Crippen LogP) is 4.28. The zero-order valence-electron chi connectivity index (χ0n) is 11.2. The van der Waals surface area contributed by atoms with Gasteiger partial charge in [0.1, 0.15) is 16.4 Å². The van der Waals surface area contributed by atoms with Crippen molar-refractivity contribution in [2.75, 3.05) is 0 Å². The summed E-state index contributed by atoms with van der Waals surface area (Å²) in [5.74, 6) is 2.30. The van der Waals surface area contributed by atoms with Gasteiger partial charge in [0.05, 0.1) is 5.39 Å². The van der Waals surface area contributed by atoms with Crippen LogP contribution in [0.3, 0.4) is 0 Å². The van der Waals surface area contributed by atoms with Crippen molar-refractivity contribution in [3.8, 4) is 11.6 Å². The lowest BCUT2D eigenvalue weighted by atomic mass is 10.2. The number of aryl methyl sites for hydroxylation is 3. The fourth-order valence-electron chi connectivity index (χ4n) is 2.74. The number of nitrogens with zero attached hydrogens (tertiary/aromatic N) is 2. The number of para-hydroxylation sites is 1. The van der Waals surface area contributed by atoms with E-state index in [-0.39, 0.29) is 0 Å². The zero-order valence-corrected chi connectivity index (χ0v) is 12.0. The second-order valence-corrected chi connectivity index (χ2v) is 6.11. The molecule has 1 aliphatic rings. The fraction of sp³-hybridized carbons (Fsp3) is 0.250. The fourth-order valence-corrected chi connectivity index (χ4v) is 4.04. The van der Waals surface area contributed by atoms with E-state index in [9.17, 15) is 0 Å². The number of benzene rings is 1. The molecule has 0 saturated heterocycles. The monoisotopic (exact) mass is 282 g/mol. The van der Waals surface area contributed by atoms with Gasteiger partial charge in [0, 0.05) is 4.88 Å². The third kappa shape index (κ3) is 1.88. The van der Waals surface area contributed by atoms with Gasteiger partial charge in [-0.1, -0.05) is 18.2 Å². The average molecular weight is 282 g/mol. The first-order chi connectivity index (χ1) is 9.81. The molecule has 0 N–H and O–H groups in total. The van der Waals surface area contributed by atoms with Crippen molar-refractivity contribution in [2.45, 2.75) is 26.2 Å². The number of fused-ring (bicyclic) bond motifs is 3. The third-order valence-electron chi connectivity index (χ3n) is 3.60. The van der Waals surface area contributed by atoms with Gasteiger partial charge >= 0.3 is 0 Å². The minimum atomic E-state index is 0.707. The Kier molecular flexibility index (Phi) is 2.70. The van der Waals surface area contributed by atoms with E-state index in [1.165, 1.54) is 23.3 Å². The minimum Gasteiger partial charge on any atom is -0.438 e. The summed E-state index contributed by atoms with van der Waals surface area (Å²) < 4.78 is 6.01. The quantitative estimate of drug-likeness (QED) is 0.703. The molecule has 4 heteroatoms. The second-order valence-electron chi connectivity index (χ2n) is 5.03. The first-order valence-corrected chi connectivity index (χ1v) is 7.65. The highest BCUT2D eigenvalue weighted by atomic mass is 32.1. The van der Waals surface area contributed by atoms with Crippen LogP contribution in [0.5, 0.6) is 11.6 Å². The molecule has 0 radical (unpaired) electrons. The Labute approximate surface area is 121 Å². The molecule has 0 atom stereocenters. The molecule has 4 rings (SSSR count). The Morgan fingerprint density at radius 1 is 1.10 bits per heavy atom. The van der Waals surface area contributed by atoms with Crippen molar-refractivity contribution in [1.29, 1.82) is 0 Å². The molecule has 0 bridgehead atoms. The molecule has 0 saturated carbocycles. The maximum absolute atomic E-state index is 6.01. The summed E-state index contributed by atoms with van der Waals surface area (Å²) >= 11 is 1.79. The van der Waals surface area contributed by atoms with Gasteiger partial charge in [-0.2, -0.15) is 4.98 Å². The highest BCUT2D eigenvalue weighted by molar-refractivity contribution is 7.19. The van der Waals surface area contributed by atoms with Gasteiger partial charge in [-0.25, -0.2) is 4.98 Å².